The number of rotatable bonds is 4. The van der Waals surface area contributed by atoms with Gasteiger partial charge in [-0.1, -0.05) is 24.6 Å². The SMILES string of the molecule is FC(F)(F)c1cccc(C2CCCCn3nc(N[C@H]4C5CN(c6ccnc(C(F)(F)F)c6)CC56CC46)nc32)c1. The summed E-state index contributed by atoms with van der Waals surface area (Å²) in [5.41, 5.74) is -0.343. The lowest BCUT2D eigenvalue weighted by Crippen LogP contribution is -2.47. The fourth-order valence-electron chi connectivity index (χ4n) is 7.17. The number of hydrogen-bond donors (Lipinski definition) is 1. The Morgan fingerprint density at radius 1 is 0.974 bits per heavy atom. The number of anilines is 2. The molecule has 6 nitrogen and oxygen atoms in total. The van der Waals surface area contributed by atoms with E-state index in [9.17, 15) is 26.3 Å². The van der Waals surface area contributed by atoms with Gasteiger partial charge >= 0.3 is 12.4 Å². The predicted molar refractivity (Wildman–Crippen MR) is 130 cm³/mol. The maximum atomic E-state index is 13.4. The van der Waals surface area contributed by atoms with Gasteiger partial charge in [0.2, 0.25) is 5.95 Å². The Hall–Kier alpha value is -3.31. The largest absolute Gasteiger partial charge is 0.433 e. The van der Waals surface area contributed by atoms with Crippen LogP contribution in [0.25, 0.3) is 0 Å². The normalized spacial score (nSPS) is 29.6. The van der Waals surface area contributed by atoms with Gasteiger partial charge in [-0.25, -0.2) is 4.68 Å². The Morgan fingerprint density at radius 2 is 1.82 bits per heavy atom. The van der Waals surface area contributed by atoms with Crippen LogP contribution in [0.4, 0.5) is 38.0 Å². The highest BCUT2D eigenvalue weighted by molar-refractivity contribution is 5.53. The van der Waals surface area contributed by atoms with Crippen LogP contribution in [-0.2, 0) is 18.9 Å². The molecule has 12 heteroatoms. The van der Waals surface area contributed by atoms with Crippen molar-refractivity contribution in [1.82, 2.24) is 19.7 Å². The van der Waals surface area contributed by atoms with Crippen LogP contribution < -0.4 is 10.2 Å². The number of nitrogens with zero attached hydrogens (tertiary/aromatic N) is 5. The van der Waals surface area contributed by atoms with E-state index in [1.165, 1.54) is 18.3 Å². The molecule has 0 radical (unpaired) electrons. The van der Waals surface area contributed by atoms with Crippen LogP contribution in [0, 0.1) is 17.3 Å². The first kappa shape index (κ1) is 24.7. The molecule has 206 valence electrons. The maximum absolute atomic E-state index is 13.4. The molecule has 4 heterocycles. The molecule has 0 bridgehead atoms. The van der Waals surface area contributed by atoms with Gasteiger partial charge < -0.3 is 10.2 Å². The summed E-state index contributed by atoms with van der Waals surface area (Å²) < 4.78 is 81.4. The Balaban J connectivity index is 1.10. The van der Waals surface area contributed by atoms with Gasteiger partial charge in [0.05, 0.1) is 5.56 Å². The van der Waals surface area contributed by atoms with Crippen LogP contribution >= 0.6 is 0 Å². The van der Waals surface area contributed by atoms with E-state index < -0.39 is 23.6 Å². The lowest BCUT2D eigenvalue weighted by atomic mass is 9.71. The van der Waals surface area contributed by atoms with Crippen molar-refractivity contribution in [2.75, 3.05) is 23.3 Å². The second-order valence-corrected chi connectivity index (χ2v) is 11.3. The molecule has 0 amide bonds. The molecule has 1 N–H and O–H groups in total. The Bertz CT molecular complexity index is 1420. The van der Waals surface area contributed by atoms with Crippen LogP contribution in [-0.4, -0.2) is 38.9 Å². The van der Waals surface area contributed by atoms with E-state index in [1.54, 1.807) is 12.1 Å². The molecule has 1 spiro atoms. The molecule has 2 aliphatic heterocycles. The van der Waals surface area contributed by atoms with Crippen LogP contribution in [0.3, 0.4) is 0 Å². The van der Waals surface area contributed by atoms with Gasteiger partial charge in [0.1, 0.15) is 11.5 Å². The zero-order valence-corrected chi connectivity index (χ0v) is 20.8. The molecule has 4 unspecified atom stereocenters. The standard InChI is InChI=1S/C27H26F6N6/c28-26(29,30)16-5-3-4-15(10-16)18-6-1-2-9-39-23(18)36-24(37-39)35-22-19-12-25(19)14-38(13-20(22)25)17-7-8-34-21(11-17)27(31,32)33/h3-5,7-8,10-11,18-20,22H,1-2,6,9,12-14H2,(H,35,37)/t18?,19?,20?,22-,25?/m1/s1. The first-order valence-electron chi connectivity index (χ1n) is 13.2. The highest BCUT2D eigenvalue weighted by atomic mass is 19.4. The number of hydrogen-bond acceptors (Lipinski definition) is 5. The summed E-state index contributed by atoms with van der Waals surface area (Å²) in [6.07, 6.45) is -4.27. The van der Waals surface area contributed by atoms with Crippen molar-refractivity contribution in [3.05, 3.63) is 65.2 Å². The number of aryl methyl sites for hydroxylation is 1. The number of benzene rings is 1. The second kappa shape index (κ2) is 8.34. The van der Waals surface area contributed by atoms with Gasteiger partial charge in [-0.2, -0.15) is 31.3 Å². The van der Waals surface area contributed by atoms with Gasteiger partial charge in [-0.3, -0.25) is 4.98 Å². The molecule has 1 saturated heterocycles. The first-order chi connectivity index (χ1) is 18.5. The smallest absolute Gasteiger partial charge is 0.370 e. The van der Waals surface area contributed by atoms with Crippen molar-refractivity contribution < 1.29 is 26.3 Å². The first-order valence-corrected chi connectivity index (χ1v) is 13.2. The molecule has 2 aromatic heterocycles. The summed E-state index contributed by atoms with van der Waals surface area (Å²) in [5, 5.41) is 8.17. The van der Waals surface area contributed by atoms with Crippen molar-refractivity contribution in [1.29, 1.82) is 0 Å². The Kier molecular flexibility index (Phi) is 5.29. The minimum absolute atomic E-state index is 0.108. The van der Waals surface area contributed by atoms with Gasteiger partial charge in [-0.05, 0) is 54.4 Å². The number of halogens is 6. The summed E-state index contributed by atoms with van der Waals surface area (Å²) >= 11 is 0. The van der Waals surface area contributed by atoms with Gasteiger partial charge in [0, 0.05) is 49.4 Å². The minimum Gasteiger partial charge on any atom is -0.370 e. The third-order valence-electron chi connectivity index (χ3n) is 9.12. The Morgan fingerprint density at radius 3 is 2.62 bits per heavy atom. The lowest BCUT2D eigenvalue weighted by molar-refractivity contribution is -0.141. The average Bonchev–Trinajstić information content (AvgIpc) is 3.25. The highest BCUT2D eigenvalue weighted by Crippen LogP contribution is 2.74. The van der Waals surface area contributed by atoms with E-state index in [-0.39, 0.29) is 23.3 Å². The van der Waals surface area contributed by atoms with E-state index in [0.29, 0.717) is 55.0 Å². The molecule has 3 fully saturated rings. The van der Waals surface area contributed by atoms with Crippen molar-refractivity contribution in [3.63, 3.8) is 0 Å². The minimum atomic E-state index is -4.49. The Labute approximate surface area is 220 Å². The number of fused-ring (bicyclic) bond motifs is 1. The fourth-order valence-corrected chi connectivity index (χ4v) is 7.17. The molecule has 3 aromatic rings. The molecule has 2 aliphatic carbocycles. The van der Waals surface area contributed by atoms with Crippen LogP contribution in [0.5, 0.6) is 0 Å². The summed E-state index contributed by atoms with van der Waals surface area (Å²) in [6, 6.07) is 8.30. The topological polar surface area (TPSA) is 58.9 Å². The van der Waals surface area contributed by atoms with Crippen LogP contribution in [0.2, 0.25) is 0 Å². The summed E-state index contributed by atoms with van der Waals surface area (Å²) in [7, 11) is 0. The predicted octanol–water partition coefficient (Wildman–Crippen LogP) is 5.96. The number of pyridine rings is 1. The van der Waals surface area contributed by atoms with Crippen molar-refractivity contribution in [2.24, 2.45) is 17.3 Å². The highest BCUT2D eigenvalue weighted by Gasteiger charge is 2.76. The van der Waals surface area contributed by atoms with E-state index >= 15 is 0 Å². The third kappa shape index (κ3) is 4.05. The monoisotopic (exact) mass is 548 g/mol. The molecule has 4 aliphatic rings. The number of aromatic nitrogens is 4. The van der Waals surface area contributed by atoms with E-state index in [1.807, 2.05) is 9.58 Å². The van der Waals surface area contributed by atoms with Gasteiger partial charge in [-0.15, -0.1) is 5.10 Å². The van der Waals surface area contributed by atoms with Crippen LogP contribution in [0.1, 0.15) is 54.2 Å². The van der Waals surface area contributed by atoms with E-state index in [0.717, 1.165) is 31.4 Å². The molecule has 7 rings (SSSR count). The molecule has 1 aromatic carbocycles. The maximum Gasteiger partial charge on any atom is 0.433 e. The number of nitrogens with one attached hydrogen (secondary N) is 1. The second-order valence-electron chi connectivity index (χ2n) is 11.3. The third-order valence-corrected chi connectivity index (χ3v) is 9.12. The van der Waals surface area contributed by atoms with E-state index in [4.69, 9.17) is 4.98 Å². The van der Waals surface area contributed by atoms with Crippen LogP contribution in [0.15, 0.2) is 42.6 Å². The van der Waals surface area contributed by atoms with Crippen molar-refractivity contribution in [2.45, 2.75) is 56.5 Å². The van der Waals surface area contributed by atoms with Gasteiger partial charge in [0.25, 0.3) is 0 Å². The van der Waals surface area contributed by atoms with Crippen molar-refractivity contribution >= 4 is 11.6 Å². The van der Waals surface area contributed by atoms with Crippen molar-refractivity contribution in [3.8, 4) is 0 Å². The zero-order chi connectivity index (χ0) is 27.2. The molecule has 5 atom stereocenters. The molecule has 2 saturated carbocycles. The molecular formula is C27H26F6N6. The van der Waals surface area contributed by atoms with Gasteiger partial charge in [0.15, 0.2) is 0 Å². The summed E-state index contributed by atoms with van der Waals surface area (Å²) in [6.45, 7) is 2.00. The lowest BCUT2D eigenvalue weighted by Gasteiger charge is -2.38. The average molecular weight is 549 g/mol. The quantitative estimate of drug-likeness (QED) is 0.408. The summed E-state index contributed by atoms with van der Waals surface area (Å²) in [4.78, 5) is 10.3. The number of alkyl halides is 6. The summed E-state index contributed by atoms with van der Waals surface area (Å²) in [5.74, 6) is 1.51. The molecular weight excluding hydrogens is 522 g/mol. The van der Waals surface area contributed by atoms with E-state index in [2.05, 4.69) is 15.4 Å². The zero-order valence-electron chi connectivity index (χ0n) is 20.8. The fraction of sp³-hybridized carbons (Fsp3) is 0.519. The molecule has 39 heavy (non-hydrogen) atoms.